The molecule has 0 aliphatic carbocycles. The number of aliphatic hydroxyl groups excluding tert-OH is 1. The summed E-state index contributed by atoms with van der Waals surface area (Å²) in [4.78, 5) is 21.8. The Morgan fingerprint density at radius 3 is 2.47 bits per heavy atom. The van der Waals surface area contributed by atoms with Crippen molar-refractivity contribution in [2.45, 2.75) is 51.2 Å². The Morgan fingerprint density at radius 2 is 1.82 bits per heavy atom. The zero-order valence-electron chi connectivity index (χ0n) is 21.8. The molecule has 5 nitrogen and oxygen atoms in total. The number of aliphatic hydroxyl groups is 1. The van der Waals surface area contributed by atoms with E-state index in [0.717, 1.165) is 31.5 Å². The van der Waals surface area contributed by atoms with Crippen LogP contribution < -0.4 is 9.80 Å². The third-order valence-corrected chi connectivity index (χ3v) is 7.34. The number of aryl methyl sites for hydroxylation is 1. The van der Waals surface area contributed by atoms with E-state index in [-0.39, 0.29) is 18.2 Å². The van der Waals surface area contributed by atoms with E-state index in [4.69, 9.17) is 0 Å². The molecule has 0 bridgehead atoms. The third kappa shape index (κ3) is 5.25. The van der Waals surface area contributed by atoms with Gasteiger partial charge in [-0.3, -0.25) is 4.79 Å². The lowest BCUT2D eigenvalue weighted by atomic mass is 9.82. The fourth-order valence-electron chi connectivity index (χ4n) is 5.07. The van der Waals surface area contributed by atoms with Gasteiger partial charge in [-0.05, 0) is 74.6 Å². The average molecular weight is 530 g/mol. The summed E-state index contributed by atoms with van der Waals surface area (Å²) >= 11 is 0. The zero-order chi connectivity index (χ0) is 27.8. The molecular weight excluding hydrogens is 498 g/mol. The molecule has 0 saturated carbocycles. The second-order valence-corrected chi connectivity index (χ2v) is 10.3. The third-order valence-electron chi connectivity index (χ3n) is 7.34. The molecule has 1 aromatic heterocycles. The summed E-state index contributed by atoms with van der Waals surface area (Å²) in [5.74, 6) is -0.194. The number of hydrogen-bond acceptors (Lipinski definition) is 4. The van der Waals surface area contributed by atoms with Crippen LogP contribution in [0, 0.1) is 12.7 Å². The predicted octanol–water partition coefficient (Wildman–Crippen LogP) is 6.12. The van der Waals surface area contributed by atoms with Crippen LogP contribution in [0.3, 0.4) is 0 Å². The number of carbonyl (C=O) groups excluding carboxylic acids is 1. The van der Waals surface area contributed by atoms with Crippen LogP contribution in [-0.4, -0.2) is 42.2 Å². The number of benzene rings is 2. The van der Waals surface area contributed by atoms with Gasteiger partial charge in [0.15, 0.2) is 0 Å². The van der Waals surface area contributed by atoms with Gasteiger partial charge in [0.1, 0.15) is 11.6 Å². The van der Waals surface area contributed by atoms with Crippen LogP contribution in [0.2, 0.25) is 0 Å². The standard InChI is InChI=1S/C29H31F4N3O2/c1-18-13-21(30)10-11-23(18)24-15-26(36-12-6-9-22(36)17-37)34-16-25(24)35(4)27(38)28(2,3)19-7-5-8-20(14-19)29(31,32)33/h5,7-8,10-11,13-16,22,37H,6,9,12,17H2,1-4H3/t22-/m0/s1. The molecule has 1 aliphatic heterocycles. The maximum absolute atomic E-state index is 13.9. The van der Waals surface area contributed by atoms with Crippen LogP contribution in [0.4, 0.5) is 29.1 Å². The number of alkyl halides is 3. The number of aromatic nitrogens is 1. The Labute approximate surface area is 219 Å². The smallest absolute Gasteiger partial charge is 0.394 e. The monoisotopic (exact) mass is 529 g/mol. The Bertz CT molecular complexity index is 1340. The van der Waals surface area contributed by atoms with Crippen molar-refractivity contribution in [3.8, 4) is 11.1 Å². The van der Waals surface area contributed by atoms with E-state index in [1.54, 1.807) is 40.1 Å². The van der Waals surface area contributed by atoms with Gasteiger partial charge in [0.25, 0.3) is 0 Å². The van der Waals surface area contributed by atoms with Crippen molar-refractivity contribution in [1.82, 2.24) is 4.98 Å². The second-order valence-electron chi connectivity index (χ2n) is 10.3. The van der Waals surface area contributed by atoms with E-state index >= 15 is 0 Å². The molecule has 0 unspecified atom stereocenters. The molecule has 2 heterocycles. The molecule has 0 spiro atoms. The minimum absolute atomic E-state index is 0.0160. The number of rotatable bonds is 6. The molecule has 2 aromatic carbocycles. The first-order chi connectivity index (χ1) is 17.8. The van der Waals surface area contributed by atoms with E-state index in [2.05, 4.69) is 4.98 Å². The molecule has 1 N–H and O–H groups in total. The highest BCUT2D eigenvalue weighted by molar-refractivity contribution is 6.03. The molecule has 1 amide bonds. The first kappa shape index (κ1) is 27.6. The quantitative estimate of drug-likeness (QED) is 0.391. The van der Waals surface area contributed by atoms with Crippen molar-refractivity contribution in [1.29, 1.82) is 0 Å². The Kier molecular flexibility index (Phi) is 7.52. The van der Waals surface area contributed by atoms with Crippen LogP contribution in [-0.2, 0) is 16.4 Å². The Balaban J connectivity index is 1.79. The van der Waals surface area contributed by atoms with Gasteiger partial charge in [0.05, 0.1) is 35.5 Å². The van der Waals surface area contributed by atoms with Crippen LogP contribution >= 0.6 is 0 Å². The summed E-state index contributed by atoms with van der Waals surface area (Å²) in [6.07, 6.45) is -1.24. The molecule has 1 fully saturated rings. The van der Waals surface area contributed by atoms with Crippen molar-refractivity contribution in [3.05, 3.63) is 77.2 Å². The molecule has 202 valence electrons. The predicted molar refractivity (Wildman–Crippen MR) is 140 cm³/mol. The van der Waals surface area contributed by atoms with Crippen LogP contribution in [0.1, 0.15) is 43.4 Å². The van der Waals surface area contributed by atoms with Gasteiger partial charge in [-0.25, -0.2) is 9.37 Å². The summed E-state index contributed by atoms with van der Waals surface area (Å²) in [5, 5.41) is 9.81. The first-order valence-corrected chi connectivity index (χ1v) is 12.4. The summed E-state index contributed by atoms with van der Waals surface area (Å²) in [7, 11) is 1.56. The van der Waals surface area contributed by atoms with Crippen LogP contribution in [0.15, 0.2) is 54.7 Å². The maximum Gasteiger partial charge on any atom is 0.416 e. The second kappa shape index (κ2) is 10.4. The number of carbonyl (C=O) groups is 1. The number of hydrogen-bond donors (Lipinski definition) is 1. The van der Waals surface area contributed by atoms with Gasteiger partial charge in [-0.15, -0.1) is 0 Å². The summed E-state index contributed by atoms with van der Waals surface area (Å²) in [6.45, 7) is 5.64. The lowest BCUT2D eigenvalue weighted by Crippen LogP contribution is -2.42. The number of pyridine rings is 1. The summed E-state index contributed by atoms with van der Waals surface area (Å²) in [5.41, 5.74) is 0.538. The highest BCUT2D eigenvalue weighted by Gasteiger charge is 2.37. The van der Waals surface area contributed by atoms with Gasteiger partial charge >= 0.3 is 6.18 Å². The molecule has 38 heavy (non-hydrogen) atoms. The molecular formula is C29H31F4N3O2. The van der Waals surface area contributed by atoms with E-state index in [9.17, 15) is 27.5 Å². The maximum atomic E-state index is 13.9. The average Bonchev–Trinajstić information content (AvgIpc) is 3.36. The minimum atomic E-state index is -4.53. The van der Waals surface area contributed by atoms with Crippen molar-refractivity contribution >= 4 is 17.4 Å². The largest absolute Gasteiger partial charge is 0.416 e. The van der Waals surface area contributed by atoms with Crippen LogP contribution in [0.5, 0.6) is 0 Å². The lowest BCUT2D eigenvalue weighted by molar-refractivity contribution is -0.137. The van der Waals surface area contributed by atoms with Gasteiger partial charge < -0.3 is 14.9 Å². The van der Waals surface area contributed by atoms with Gasteiger partial charge in [0, 0.05) is 19.2 Å². The van der Waals surface area contributed by atoms with Gasteiger partial charge in [0.2, 0.25) is 5.91 Å². The van der Waals surface area contributed by atoms with E-state index in [0.29, 0.717) is 28.2 Å². The Morgan fingerprint density at radius 1 is 1.11 bits per heavy atom. The fraction of sp³-hybridized carbons (Fsp3) is 0.379. The highest BCUT2D eigenvalue weighted by atomic mass is 19.4. The topological polar surface area (TPSA) is 56.7 Å². The van der Waals surface area contributed by atoms with Crippen molar-refractivity contribution < 1.29 is 27.5 Å². The number of anilines is 2. The summed E-state index contributed by atoms with van der Waals surface area (Å²) < 4.78 is 54.0. The van der Waals surface area contributed by atoms with E-state index in [1.165, 1.54) is 29.2 Å². The van der Waals surface area contributed by atoms with E-state index in [1.807, 2.05) is 11.0 Å². The van der Waals surface area contributed by atoms with Crippen molar-refractivity contribution in [3.63, 3.8) is 0 Å². The number of amides is 1. The molecule has 4 rings (SSSR count). The number of nitrogens with zero attached hydrogens (tertiary/aromatic N) is 3. The Hall–Kier alpha value is -3.46. The van der Waals surface area contributed by atoms with Crippen LogP contribution in [0.25, 0.3) is 11.1 Å². The molecule has 1 atom stereocenters. The summed E-state index contributed by atoms with van der Waals surface area (Å²) in [6, 6.07) is 10.9. The highest BCUT2D eigenvalue weighted by Crippen LogP contribution is 2.39. The van der Waals surface area contributed by atoms with Crippen molar-refractivity contribution in [2.75, 3.05) is 30.0 Å². The SMILES string of the molecule is Cc1cc(F)ccc1-c1cc(N2CCC[C@H]2CO)ncc1N(C)C(=O)C(C)(C)c1cccc(C(F)(F)F)c1. The lowest BCUT2D eigenvalue weighted by Gasteiger charge is -2.32. The van der Waals surface area contributed by atoms with Crippen molar-refractivity contribution in [2.24, 2.45) is 0 Å². The molecule has 3 aromatic rings. The normalized spacial score (nSPS) is 16.1. The fourth-order valence-corrected chi connectivity index (χ4v) is 5.07. The molecule has 1 saturated heterocycles. The molecule has 0 radical (unpaired) electrons. The molecule has 1 aliphatic rings. The van der Waals surface area contributed by atoms with Gasteiger partial charge in [-0.1, -0.05) is 24.3 Å². The molecule has 9 heteroatoms. The number of likely N-dealkylation sites (N-methyl/N-ethyl adjacent to an activating group) is 1. The minimum Gasteiger partial charge on any atom is -0.394 e. The zero-order valence-corrected chi connectivity index (χ0v) is 21.8. The van der Waals surface area contributed by atoms with E-state index < -0.39 is 28.9 Å². The first-order valence-electron chi connectivity index (χ1n) is 12.4. The van der Waals surface area contributed by atoms with Gasteiger partial charge in [-0.2, -0.15) is 13.2 Å². The number of halogens is 4.